The van der Waals surface area contributed by atoms with Gasteiger partial charge in [0, 0.05) is 0 Å². The van der Waals surface area contributed by atoms with E-state index < -0.39 is 5.79 Å². The summed E-state index contributed by atoms with van der Waals surface area (Å²) in [5.74, 6) is -0.554. The zero-order chi connectivity index (χ0) is 9.31. The SMILES string of the molecule is CC1(C2=C[C@@H](O)CCC2)OCCO1. The third kappa shape index (κ3) is 1.77. The van der Waals surface area contributed by atoms with Crippen LogP contribution in [0.25, 0.3) is 0 Å². The fourth-order valence-corrected chi connectivity index (χ4v) is 1.98. The van der Waals surface area contributed by atoms with E-state index in [0.29, 0.717) is 13.2 Å². The zero-order valence-corrected chi connectivity index (χ0v) is 7.95. The highest BCUT2D eigenvalue weighted by Gasteiger charge is 2.36. The molecule has 74 valence electrons. The molecule has 1 heterocycles. The molecule has 1 atom stereocenters. The quantitative estimate of drug-likeness (QED) is 0.623. The first-order chi connectivity index (χ1) is 6.21. The minimum atomic E-state index is -0.554. The van der Waals surface area contributed by atoms with E-state index >= 15 is 0 Å². The normalized spacial score (nSPS) is 33.1. The van der Waals surface area contributed by atoms with Gasteiger partial charge in [0.2, 0.25) is 0 Å². The predicted molar refractivity (Wildman–Crippen MR) is 48.2 cm³/mol. The monoisotopic (exact) mass is 184 g/mol. The number of hydrogen-bond donors (Lipinski definition) is 1. The molecule has 1 fully saturated rings. The van der Waals surface area contributed by atoms with Crippen molar-refractivity contribution in [3.05, 3.63) is 11.6 Å². The van der Waals surface area contributed by atoms with Gasteiger partial charge in [0.15, 0.2) is 5.79 Å². The van der Waals surface area contributed by atoms with Gasteiger partial charge in [-0.05, 0) is 31.8 Å². The van der Waals surface area contributed by atoms with Crippen LogP contribution in [0.15, 0.2) is 11.6 Å². The molecule has 1 aliphatic heterocycles. The Bertz CT molecular complexity index is 216. The van der Waals surface area contributed by atoms with Crippen molar-refractivity contribution in [2.75, 3.05) is 13.2 Å². The van der Waals surface area contributed by atoms with Gasteiger partial charge in [-0.1, -0.05) is 6.08 Å². The summed E-state index contributed by atoms with van der Waals surface area (Å²) in [6.07, 6.45) is 4.44. The first-order valence-corrected chi connectivity index (χ1v) is 4.88. The second-order valence-electron chi connectivity index (χ2n) is 3.79. The van der Waals surface area contributed by atoms with Gasteiger partial charge in [-0.25, -0.2) is 0 Å². The van der Waals surface area contributed by atoms with Crippen LogP contribution in [0.5, 0.6) is 0 Å². The second kappa shape index (κ2) is 3.40. The summed E-state index contributed by atoms with van der Waals surface area (Å²) in [6.45, 7) is 3.25. The molecule has 3 nitrogen and oxygen atoms in total. The van der Waals surface area contributed by atoms with Crippen molar-refractivity contribution < 1.29 is 14.6 Å². The third-order valence-corrected chi connectivity index (χ3v) is 2.76. The van der Waals surface area contributed by atoms with Crippen LogP contribution in [0.3, 0.4) is 0 Å². The van der Waals surface area contributed by atoms with Crippen molar-refractivity contribution in [1.29, 1.82) is 0 Å². The largest absolute Gasteiger partial charge is 0.389 e. The highest BCUT2D eigenvalue weighted by Crippen LogP contribution is 2.33. The highest BCUT2D eigenvalue weighted by atomic mass is 16.7. The Morgan fingerprint density at radius 2 is 2.15 bits per heavy atom. The third-order valence-electron chi connectivity index (χ3n) is 2.76. The lowest BCUT2D eigenvalue weighted by Gasteiger charge is -2.29. The van der Waals surface area contributed by atoms with E-state index in [-0.39, 0.29) is 6.10 Å². The number of aliphatic hydroxyl groups is 1. The number of aliphatic hydroxyl groups excluding tert-OH is 1. The topological polar surface area (TPSA) is 38.7 Å². The van der Waals surface area contributed by atoms with Gasteiger partial charge in [-0.2, -0.15) is 0 Å². The van der Waals surface area contributed by atoms with Crippen LogP contribution < -0.4 is 0 Å². The predicted octanol–water partition coefficient (Wildman–Crippen LogP) is 1.22. The van der Waals surface area contributed by atoms with Crippen molar-refractivity contribution in [3.8, 4) is 0 Å². The summed E-state index contributed by atoms with van der Waals surface area (Å²) in [5.41, 5.74) is 1.10. The molecular formula is C10H16O3. The van der Waals surface area contributed by atoms with E-state index in [1.807, 2.05) is 13.0 Å². The van der Waals surface area contributed by atoms with Crippen LogP contribution >= 0.6 is 0 Å². The first kappa shape index (κ1) is 9.19. The minimum Gasteiger partial charge on any atom is -0.389 e. The van der Waals surface area contributed by atoms with Crippen LogP contribution in [0.1, 0.15) is 26.2 Å². The van der Waals surface area contributed by atoms with Gasteiger partial charge in [0.1, 0.15) is 0 Å². The standard InChI is InChI=1S/C10H16O3/c1-10(12-5-6-13-10)8-3-2-4-9(11)7-8/h7,9,11H,2-6H2,1H3/t9-/m0/s1. The maximum atomic E-state index is 9.47. The molecule has 0 aromatic carbocycles. The molecule has 0 radical (unpaired) electrons. The summed E-state index contributed by atoms with van der Waals surface area (Å²) >= 11 is 0. The smallest absolute Gasteiger partial charge is 0.188 e. The first-order valence-electron chi connectivity index (χ1n) is 4.88. The van der Waals surface area contributed by atoms with E-state index in [4.69, 9.17) is 9.47 Å². The van der Waals surface area contributed by atoms with Gasteiger partial charge in [0.25, 0.3) is 0 Å². The van der Waals surface area contributed by atoms with Gasteiger partial charge in [0.05, 0.1) is 19.3 Å². The molecule has 1 saturated heterocycles. The average Bonchev–Trinajstić information content (AvgIpc) is 2.54. The molecule has 3 heteroatoms. The van der Waals surface area contributed by atoms with Crippen molar-refractivity contribution in [3.63, 3.8) is 0 Å². The molecule has 1 N–H and O–H groups in total. The Balaban J connectivity index is 2.14. The molecule has 1 aliphatic carbocycles. The fourth-order valence-electron chi connectivity index (χ4n) is 1.98. The summed E-state index contributed by atoms with van der Waals surface area (Å²) in [5, 5.41) is 9.47. The van der Waals surface area contributed by atoms with Crippen LogP contribution in [0, 0.1) is 0 Å². The lowest BCUT2D eigenvalue weighted by atomic mass is 9.92. The summed E-state index contributed by atoms with van der Waals surface area (Å²) in [4.78, 5) is 0. The number of ether oxygens (including phenoxy) is 2. The molecule has 0 unspecified atom stereocenters. The summed E-state index contributed by atoms with van der Waals surface area (Å²) in [7, 11) is 0. The van der Waals surface area contributed by atoms with E-state index in [2.05, 4.69) is 0 Å². The molecule has 0 amide bonds. The molecule has 0 aromatic rings. The molecular weight excluding hydrogens is 168 g/mol. The summed E-state index contributed by atoms with van der Waals surface area (Å²) in [6, 6.07) is 0. The van der Waals surface area contributed by atoms with Gasteiger partial charge in [-0.15, -0.1) is 0 Å². The highest BCUT2D eigenvalue weighted by molar-refractivity contribution is 5.17. The number of rotatable bonds is 1. The lowest BCUT2D eigenvalue weighted by molar-refractivity contribution is -0.113. The van der Waals surface area contributed by atoms with E-state index in [9.17, 15) is 5.11 Å². The van der Waals surface area contributed by atoms with Crippen LogP contribution in [0.2, 0.25) is 0 Å². The Labute approximate surface area is 78.3 Å². The molecule has 0 aromatic heterocycles. The molecule has 2 rings (SSSR count). The van der Waals surface area contributed by atoms with E-state index in [1.54, 1.807) is 0 Å². The zero-order valence-electron chi connectivity index (χ0n) is 7.95. The minimum absolute atomic E-state index is 0.312. The van der Waals surface area contributed by atoms with Crippen molar-refractivity contribution >= 4 is 0 Å². The van der Waals surface area contributed by atoms with Crippen LogP contribution in [-0.2, 0) is 9.47 Å². The second-order valence-corrected chi connectivity index (χ2v) is 3.79. The Morgan fingerprint density at radius 1 is 1.46 bits per heavy atom. The molecule has 13 heavy (non-hydrogen) atoms. The molecule has 2 aliphatic rings. The molecule has 0 saturated carbocycles. The van der Waals surface area contributed by atoms with E-state index in [1.165, 1.54) is 0 Å². The van der Waals surface area contributed by atoms with E-state index in [0.717, 1.165) is 24.8 Å². The maximum Gasteiger partial charge on any atom is 0.188 e. The van der Waals surface area contributed by atoms with Crippen molar-refractivity contribution in [2.45, 2.75) is 38.1 Å². The summed E-state index contributed by atoms with van der Waals surface area (Å²) < 4.78 is 11.1. The molecule has 0 bridgehead atoms. The van der Waals surface area contributed by atoms with Crippen LogP contribution in [-0.4, -0.2) is 30.2 Å². The lowest BCUT2D eigenvalue weighted by Crippen LogP contribution is -2.31. The van der Waals surface area contributed by atoms with Gasteiger partial charge >= 0.3 is 0 Å². The number of hydrogen-bond acceptors (Lipinski definition) is 3. The Kier molecular flexibility index (Phi) is 2.41. The van der Waals surface area contributed by atoms with Gasteiger partial charge < -0.3 is 14.6 Å². The fraction of sp³-hybridized carbons (Fsp3) is 0.800. The Hall–Kier alpha value is -0.380. The Morgan fingerprint density at radius 3 is 2.77 bits per heavy atom. The van der Waals surface area contributed by atoms with Gasteiger partial charge in [-0.3, -0.25) is 0 Å². The molecule has 0 spiro atoms. The average molecular weight is 184 g/mol. The van der Waals surface area contributed by atoms with Crippen molar-refractivity contribution in [2.24, 2.45) is 0 Å². The van der Waals surface area contributed by atoms with Crippen molar-refractivity contribution in [1.82, 2.24) is 0 Å². The van der Waals surface area contributed by atoms with Crippen LogP contribution in [0.4, 0.5) is 0 Å². The maximum absolute atomic E-state index is 9.47.